The number of carbonyl (C=O) groups is 1. The van der Waals surface area contributed by atoms with Gasteiger partial charge in [0.25, 0.3) is 5.91 Å². The minimum absolute atomic E-state index is 0.145. The number of aromatic nitrogens is 4. The summed E-state index contributed by atoms with van der Waals surface area (Å²) in [6.07, 6.45) is 6.10. The predicted molar refractivity (Wildman–Crippen MR) is 111 cm³/mol. The Bertz CT molecular complexity index is 1330. The van der Waals surface area contributed by atoms with Crippen LogP contribution in [0, 0.1) is 24.1 Å². The summed E-state index contributed by atoms with van der Waals surface area (Å²) < 4.78 is 2.87. The zero-order valence-electron chi connectivity index (χ0n) is 16.8. The zero-order chi connectivity index (χ0) is 22.8. The molecule has 4 rings (SSSR count). The van der Waals surface area contributed by atoms with E-state index < -0.39 is 29.2 Å². The SMILES string of the molecule is CN1C[C@H]([C@@H](c2ccccc2)n2cc(C#CO)c(C#CO)n2)n2ncc(=O)c(O)c2C1=O. The van der Waals surface area contributed by atoms with E-state index in [1.807, 2.05) is 30.3 Å². The molecule has 160 valence electrons. The molecule has 0 unspecified atom stereocenters. The summed E-state index contributed by atoms with van der Waals surface area (Å²) in [6, 6.07) is 8.09. The summed E-state index contributed by atoms with van der Waals surface area (Å²) in [5, 5.41) is 37.0. The summed E-state index contributed by atoms with van der Waals surface area (Å²) >= 11 is 0. The summed E-state index contributed by atoms with van der Waals surface area (Å²) in [7, 11) is 1.56. The van der Waals surface area contributed by atoms with Gasteiger partial charge in [0.1, 0.15) is 18.3 Å². The van der Waals surface area contributed by atoms with E-state index in [1.165, 1.54) is 9.58 Å². The molecular weight excluding hydrogens is 414 g/mol. The third-order valence-corrected chi connectivity index (χ3v) is 5.20. The second-order valence-corrected chi connectivity index (χ2v) is 7.10. The molecule has 32 heavy (non-hydrogen) atoms. The van der Waals surface area contributed by atoms with Crippen molar-refractivity contribution in [2.45, 2.75) is 12.1 Å². The van der Waals surface area contributed by atoms with Crippen molar-refractivity contribution in [3.63, 3.8) is 0 Å². The van der Waals surface area contributed by atoms with Crippen LogP contribution >= 0.6 is 0 Å². The van der Waals surface area contributed by atoms with Crippen LogP contribution in [0.15, 0.2) is 47.5 Å². The quantitative estimate of drug-likeness (QED) is 0.512. The highest BCUT2D eigenvalue weighted by atomic mass is 16.3. The second-order valence-electron chi connectivity index (χ2n) is 7.10. The van der Waals surface area contributed by atoms with Gasteiger partial charge in [-0.25, -0.2) is 4.68 Å². The number of aliphatic hydroxyl groups excluding tert-OH is 2. The van der Waals surface area contributed by atoms with Crippen LogP contribution in [0.1, 0.15) is 39.4 Å². The number of aromatic hydroxyl groups is 1. The van der Waals surface area contributed by atoms with E-state index >= 15 is 0 Å². The fourth-order valence-electron chi connectivity index (χ4n) is 3.80. The second kappa shape index (κ2) is 8.20. The third kappa shape index (κ3) is 3.40. The number of carbonyl (C=O) groups excluding carboxylic acids is 1. The lowest BCUT2D eigenvalue weighted by atomic mass is 9.97. The lowest BCUT2D eigenvalue weighted by Crippen LogP contribution is -2.46. The number of nitrogens with zero attached hydrogens (tertiary/aromatic N) is 5. The van der Waals surface area contributed by atoms with Gasteiger partial charge in [0.05, 0.1) is 17.8 Å². The number of benzene rings is 1. The van der Waals surface area contributed by atoms with Crippen LogP contribution in [0.2, 0.25) is 0 Å². The standard InChI is InChI=1S/C22H17N5O5/c1-25-13-17(27-20(22(25)32)21(31)18(30)11-23-27)19(14-5-3-2-4-6-14)26-12-15(7-9-28)16(24-26)8-10-29/h2-6,11-12,17,19,28-29,31H,13H2,1H3/t17-,19-/m1/s1. The Labute approximate surface area is 182 Å². The highest BCUT2D eigenvalue weighted by molar-refractivity contribution is 5.95. The molecule has 1 aliphatic rings. The molecule has 10 nitrogen and oxygen atoms in total. The van der Waals surface area contributed by atoms with Gasteiger partial charge in [0.15, 0.2) is 17.1 Å². The summed E-state index contributed by atoms with van der Waals surface area (Å²) in [6.45, 7) is 0.197. The van der Waals surface area contributed by atoms with Gasteiger partial charge in [-0.05, 0) is 17.4 Å². The van der Waals surface area contributed by atoms with Crippen LogP contribution in [-0.2, 0) is 0 Å². The van der Waals surface area contributed by atoms with Gasteiger partial charge in [0, 0.05) is 19.8 Å². The van der Waals surface area contributed by atoms with E-state index in [4.69, 9.17) is 10.2 Å². The van der Waals surface area contributed by atoms with Crippen molar-refractivity contribution in [1.82, 2.24) is 24.5 Å². The van der Waals surface area contributed by atoms with Gasteiger partial charge in [-0.2, -0.15) is 10.2 Å². The molecule has 0 saturated carbocycles. The Hall–Kier alpha value is -4.70. The smallest absolute Gasteiger partial charge is 0.275 e. The number of amides is 1. The average Bonchev–Trinajstić information content (AvgIpc) is 3.17. The number of likely N-dealkylation sites (N-methyl/N-ethyl adjacent to an activating group) is 1. The van der Waals surface area contributed by atoms with E-state index in [9.17, 15) is 14.7 Å². The first-order valence-corrected chi connectivity index (χ1v) is 9.46. The van der Waals surface area contributed by atoms with E-state index in [1.54, 1.807) is 30.1 Å². The summed E-state index contributed by atoms with van der Waals surface area (Å²) in [5.41, 5.74) is 0.253. The first-order chi connectivity index (χ1) is 15.5. The fourth-order valence-corrected chi connectivity index (χ4v) is 3.80. The van der Waals surface area contributed by atoms with Crippen LogP contribution in [-0.4, -0.2) is 59.3 Å². The van der Waals surface area contributed by atoms with Crippen LogP contribution in [0.25, 0.3) is 0 Å². The van der Waals surface area contributed by atoms with Crippen LogP contribution in [0.4, 0.5) is 0 Å². The normalized spacial score (nSPS) is 15.7. The molecule has 1 aliphatic heterocycles. The molecule has 3 heterocycles. The molecule has 0 fully saturated rings. The maximum Gasteiger partial charge on any atom is 0.275 e. The number of rotatable bonds is 3. The fraction of sp³-hybridized carbons (Fsp3) is 0.182. The molecule has 10 heteroatoms. The van der Waals surface area contributed by atoms with Gasteiger partial charge in [-0.1, -0.05) is 30.3 Å². The molecule has 2 aromatic heterocycles. The minimum Gasteiger partial charge on any atom is -0.502 e. The third-order valence-electron chi connectivity index (χ3n) is 5.20. The lowest BCUT2D eigenvalue weighted by Gasteiger charge is -2.37. The molecule has 0 spiro atoms. The molecular formula is C22H17N5O5. The minimum atomic E-state index is -0.755. The maximum atomic E-state index is 12.7. The monoisotopic (exact) mass is 431 g/mol. The largest absolute Gasteiger partial charge is 0.502 e. The molecule has 3 aromatic rings. The van der Waals surface area contributed by atoms with E-state index in [-0.39, 0.29) is 23.5 Å². The molecule has 1 amide bonds. The topological polar surface area (TPSA) is 134 Å². The number of hydrogen-bond donors (Lipinski definition) is 3. The van der Waals surface area contributed by atoms with Crippen LogP contribution in [0.3, 0.4) is 0 Å². The van der Waals surface area contributed by atoms with Gasteiger partial charge in [0.2, 0.25) is 5.43 Å². The van der Waals surface area contributed by atoms with Crippen molar-refractivity contribution in [2.75, 3.05) is 13.6 Å². The number of hydrogen-bond acceptors (Lipinski definition) is 7. The van der Waals surface area contributed by atoms with E-state index in [2.05, 4.69) is 22.0 Å². The van der Waals surface area contributed by atoms with E-state index in [0.29, 0.717) is 0 Å². The first-order valence-electron chi connectivity index (χ1n) is 9.46. The number of aliphatic hydroxyl groups is 2. The zero-order valence-corrected chi connectivity index (χ0v) is 16.8. The molecule has 0 bridgehead atoms. The highest BCUT2D eigenvalue weighted by Crippen LogP contribution is 2.35. The molecule has 0 saturated heterocycles. The van der Waals surface area contributed by atoms with Gasteiger partial charge in [-0.3, -0.25) is 14.3 Å². The van der Waals surface area contributed by atoms with Crippen LogP contribution < -0.4 is 5.43 Å². The van der Waals surface area contributed by atoms with E-state index in [0.717, 1.165) is 11.8 Å². The van der Waals surface area contributed by atoms with Crippen LogP contribution in [0.5, 0.6) is 5.75 Å². The molecule has 2 atom stereocenters. The maximum absolute atomic E-state index is 12.7. The molecule has 3 N–H and O–H groups in total. The highest BCUT2D eigenvalue weighted by Gasteiger charge is 2.39. The Kier molecular flexibility index (Phi) is 5.27. The van der Waals surface area contributed by atoms with Gasteiger partial charge in [-0.15, -0.1) is 0 Å². The summed E-state index contributed by atoms with van der Waals surface area (Å²) in [5.74, 6) is 3.71. The van der Waals surface area contributed by atoms with Crippen molar-refractivity contribution in [1.29, 1.82) is 0 Å². The Balaban J connectivity index is 1.97. The predicted octanol–water partition coefficient (Wildman–Crippen LogP) is 0.425. The molecule has 1 aromatic carbocycles. The molecule has 0 radical (unpaired) electrons. The first kappa shape index (κ1) is 20.6. The van der Waals surface area contributed by atoms with Crippen molar-refractivity contribution in [3.05, 3.63) is 75.5 Å². The molecule has 0 aliphatic carbocycles. The lowest BCUT2D eigenvalue weighted by molar-refractivity contribution is 0.0667. The van der Waals surface area contributed by atoms with Crippen molar-refractivity contribution < 1.29 is 20.1 Å². The Morgan fingerprint density at radius 1 is 1.12 bits per heavy atom. The Morgan fingerprint density at radius 2 is 1.84 bits per heavy atom. The van der Waals surface area contributed by atoms with Crippen molar-refractivity contribution in [2.24, 2.45) is 0 Å². The Morgan fingerprint density at radius 3 is 2.53 bits per heavy atom. The van der Waals surface area contributed by atoms with Crippen molar-refractivity contribution in [3.8, 4) is 29.8 Å². The van der Waals surface area contributed by atoms with Gasteiger partial charge < -0.3 is 20.2 Å². The van der Waals surface area contributed by atoms with Gasteiger partial charge >= 0.3 is 0 Å². The van der Waals surface area contributed by atoms with Crippen molar-refractivity contribution >= 4 is 5.91 Å². The summed E-state index contributed by atoms with van der Waals surface area (Å²) in [4.78, 5) is 26.1. The number of fused-ring (bicyclic) bond motifs is 1. The average molecular weight is 431 g/mol.